The lowest BCUT2D eigenvalue weighted by Crippen LogP contribution is -2.04. The quantitative estimate of drug-likeness (QED) is 0.692. The molecule has 0 aromatic heterocycles. The molecule has 1 unspecified atom stereocenters. The first kappa shape index (κ1) is 15.3. The summed E-state index contributed by atoms with van der Waals surface area (Å²) in [5.74, 6) is 1.13. The molecule has 0 spiro atoms. The fraction of sp³-hybridized carbons (Fsp3) is 0.316. The second kappa shape index (κ2) is 7.63. The van der Waals surface area contributed by atoms with Crippen molar-refractivity contribution >= 4 is 6.29 Å². The number of aldehydes is 1. The van der Waals surface area contributed by atoms with Gasteiger partial charge in [0.2, 0.25) is 0 Å². The van der Waals surface area contributed by atoms with E-state index in [-0.39, 0.29) is 0 Å². The minimum Gasteiger partial charge on any atom is -0.492 e. The van der Waals surface area contributed by atoms with Crippen molar-refractivity contribution < 1.29 is 9.53 Å². The zero-order chi connectivity index (χ0) is 15.1. The largest absolute Gasteiger partial charge is 0.492 e. The van der Waals surface area contributed by atoms with Gasteiger partial charge in [-0.05, 0) is 35.6 Å². The molecule has 21 heavy (non-hydrogen) atoms. The third-order valence-corrected chi connectivity index (χ3v) is 3.83. The Morgan fingerprint density at radius 2 is 1.90 bits per heavy atom. The summed E-state index contributed by atoms with van der Waals surface area (Å²) in [6.07, 6.45) is 2.78. The van der Waals surface area contributed by atoms with Crippen LogP contribution in [0.2, 0.25) is 0 Å². The molecular weight excluding hydrogens is 260 g/mol. The van der Waals surface area contributed by atoms with Gasteiger partial charge in [0.05, 0.1) is 12.2 Å². The summed E-state index contributed by atoms with van der Waals surface area (Å²) in [5, 5.41) is 0. The maximum absolute atomic E-state index is 11.2. The molecule has 2 aromatic rings. The highest BCUT2D eigenvalue weighted by Gasteiger charge is 2.08. The Balaban J connectivity index is 2.01. The minimum atomic E-state index is 0.460. The van der Waals surface area contributed by atoms with Crippen molar-refractivity contribution in [1.82, 2.24) is 0 Å². The maximum atomic E-state index is 11.2. The van der Waals surface area contributed by atoms with Crippen LogP contribution in [-0.4, -0.2) is 12.9 Å². The van der Waals surface area contributed by atoms with Crippen LogP contribution in [-0.2, 0) is 6.42 Å². The van der Waals surface area contributed by atoms with Crippen LogP contribution in [0.25, 0.3) is 0 Å². The molecular formula is C19H22O2. The highest BCUT2D eigenvalue weighted by Crippen LogP contribution is 2.25. The molecule has 0 aliphatic rings. The Hall–Kier alpha value is -2.09. The van der Waals surface area contributed by atoms with Crippen LogP contribution in [0.15, 0.2) is 48.5 Å². The first-order valence-electron chi connectivity index (χ1n) is 7.50. The smallest absolute Gasteiger partial charge is 0.153 e. The summed E-state index contributed by atoms with van der Waals surface area (Å²) in [7, 11) is 0. The van der Waals surface area contributed by atoms with Gasteiger partial charge in [-0.1, -0.05) is 50.2 Å². The van der Waals surface area contributed by atoms with E-state index in [0.29, 0.717) is 23.8 Å². The second-order valence-corrected chi connectivity index (χ2v) is 5.31. The molecule has 0 fully saturated rings. The minimum absolute atomic E-state index is 0.460. The second-order valence-electron chi connectivity index (χ2n) is 5.31. The fourth-order valence-electron chi connectivity index (χ4n) is 2.26. The fourth-order valence-corrected chi connectivity index (χ4v) is 2.26. The molecule has 2 aromatic carbocycles. The normalized spacial score (nSPS) is 11.9. The molecule has 0 aliphatic heterocycles. The molecule has 0 saturated carbocycles. The Morgan fingerprint density at radius 3 is 2.57 bits per heavy atom. The summed E-state index contributed by atoms with van der Waals surface area (Å²) >= 11 is 0. The number of hydrogen-bond acceptors (Lipinski definition) is 2. The Kier molecular flexibility index (Phi) is 5.56. The van der Waals surface area contributed by atoms with Gasteiger partial charge in [-0.15, -0.1) is 0 Å². The molecule has 110 valence electrons. The molecule has 2 nitrogen and oxygen atoms in total. The topological polar surface area (TPSA) is 26.3 Å². The van der Waals surface area contributed by atoms with Gasteiger partial charge in [-0.25, -0.2) is 0 Å². The summed E-state index contributed by atoms with van der Waals surface area (Å²) in [6.45, 7) is 4.89. The van der Waals surface area contributed by atoms with Crippen molar-refractivity contribution in [2.24, 2.45) is 0 Å². The third kappa shape index (κ3) is 4.19. The highest BCUT2D eigenvalue weighted by atomic mass is 16.5. The van der Waals surface area contributed by atoms with Crippen LogP contribution in [0.5, 0.6) is 5.75 Å². The van der Waals surface area contributed by atoms with E-state index >= 15 is 0 Å². The molecule has 0 radical (unpaired) electrons. The summed E-state index contributed by atoms with van der Waals surface area (Å²) in [4.78, 5) is 11.2. The molecule has 0 heterocycles. The van der Waals surface area contributed by atoms with Crippen molar-refractivity contribution in [3.05, 3.63) is 65.2 Å². The first-order valence-corrected chi connectivity index (χ1v) is 7.50. The van der Waals surface area contributed by atoms with Gasteiger partial charge in [0, 0.05) is 6.42 Å². The van der Waals surface area contributed by atoms with Crippen LogP contribution in [0.1, 0.15) is 47.7 Å². The van der Waals surface area contributed by atoms with E-state index in [1.807, 2.05) is 30.3 Å². The number of hydrogen-bond donors (Lipinski definition) is 0. The van der Waals surface area contributed by atoms with Crippen LogP contribution >= 0.6 is 0 Å². The number of benzene rings is 2. The third-order valence-electron chi connectivity index (χ3n) is 3.83. The lowest BCUT2D eigenvalue weighted by atomic mass is 9.97. The van der Waals surface area contributed by atoms with Gasteiger partial charge in [-0.3, -0.25) is 4.79 Å². The molecule has 0 N–H and O–H groups in total. The average Bonchev–Trinajstić information content (AvgIpc) is 2.55. The Bertz CT molecular complexity index is 575. The predicted molar refractivity (Wildman–Crippen MR) is 86.2 cm³/mol. The summed E-state index contributed by atoms with van der Waals surface area (Å²) in [5.41, 5.74) is 3.07. The van der Waals surface area contributed by atoms with Gasteiger partial charge in [0.25, 0.3) is 0 Å². The monoisotopic (exact) mass is 282 g/mol. The van der Waals surface area contributed by atoms with Crippen LogP contribution in [0.4, 0.5) is 0 Å². The number of carbonyl (C=O) groups excluding carboxylic acids is 1. The Labute approximate surface area is 126 Å². The Morgan fingerprint density at radius 1 is 1.14 bits per heavy atom. The van der Waals surface area contributed by atoms with Crippen molar-refractivity contribution in [2.75, 3.05) is 6.61 Å². The molecule has 1 atom stereocenters. The van der Waals surface area contributed by atoms with Gasteiger partial charge in [-0.2, -0.15) is 0 Å². The van der Waals surface area contributed by atoms with E-state index in [2.05, 4.69) is 32.0 Å². The van der Waals surface area contributed by atoms with E-state index in [9.17, 15) is 4.79 Å². The molecule has 0 bridgehead atoms. The number of rotatable bonds is 7. The zero-order valence-electron chi connectivity index (χ0n) is 12.7. The van der Waals surface area contributed by atoms with Gasteiger partial charge >= 0.3 is 0 Å². The average molecular weight is 282 g/mol. The standard InChI is InChI=1S/C19H22O2/c1-3-15(2)17-9-10-19(18(13-17)14-20)21-12-11-16-7-5-4-6-8-16/h4-10,13-15H,3,11-12H2,1-2H3. The summed E-state index contributed by atoms with van der Waals surface area (Å²) < 4.78 is 5.77. The van der Waals surface area contributed by atoms with E-state index in [1.54, 1.807) is 0 Å². The van der Waals surface area contributed by atoms with E-state index in [4.69, 9.17) is 4.74 Å². The summed E-state index contributed by atoms with van der Waals surface area (Å²) in [6, 6.07) is 16.1. The van der Waals surface area contributed by atoms with Gasteiger partial charge in [0.15, 0.2) is 6.29 Å². The van der Waals surface area contributed by atoms with Crippen molar-refractivity contribution in [2.45, 2.75) is 32.6 Å². The predicted octanol–water partition coefficient (Wildman–Crippen LogP) is 4.63. The van der Waals surface area contributed by atoms with Crippen LogP contribution in [0, 0.1) is 0 Å². The lowest BCUT2D eigenvalue weighted by Gasteiger charge is -2.13. The van der Waals surface area contributed by atoms with Crippen molar-refractivity contribution in [3.8, 4) is 5.75 Å². The van der Waals surface area contributed by atoms with Crippen molar-refractivity contribution in [3.63, 3.8) is 0 Å². The highest BCUT2D eigenvalue weighted by molar-refractivity contribution is 5.79. The zero-order valence-corrected chi connectivity index (χ0v) is 12.7. The molecule has 2 heteroatoms. The van der Waals surface area contributed by atoms with Crippen LogP contribution in [0.3, 0.4) is 0 Å². The van der Waals surface area contributed by atoms with E-state index < -0.39 is 0 Å². The van der Waals surface area contributed by atoms with Crippen LogP contribution < -0.4 is 4.74 Å². The molecule has 2 rings (SSSR count). The number of ether oxygens (including phenoxy) is 1. The maximum Gasteiger partial charge on any atom is 0.153 e. The SMILES string of the molecule is CCC(C)c1ccc(OCCc2ccccc2)c(C=O)c1. The van der Waals surface area contributed by atoms with Crippen molar-refractivity contribution in [1.29, 1.82) is 0 Å². The van der Waals surface area contributed by atoms with E-state index in [1.165, 1.54) is 11.1 Å². The molecule has 0 amide bonds. The molecule has 0 aliphatic carbocycles. The first-order chi connectivity index (χ1) is 10.2. The lowest BCUT2D eigenvalue weighted by molar-refractivity contribution is 0.111. The van der Waals surface area contributed by atoms with Gasteiger partial charge < -0.3 is 4.74 Å². The number of carbonyl (C=O) groups is 1. The van der Waals surface area contributed by atoms with E-state index in [0.717, 1.165) is 19.1 Å². The molecule has 0 saturated heterocycles. The van der Waals surface area contributed by atoms with Gasteiger partial charge in [0.1, 0.15) is 5.75 Å².